The van der Waals surface area contributed by atoms with Crippen molar-refractivity contribution in [1.82, 2.24) is 25.4 Å². The third-order valence-electron chi connectivity index (χ3n) is 3.39. The highest BCUT2D eigenvalue weighted by Crippen LogP contribution is 2.29. The molecule has 2 amide bonds. The van der Waals surface area contributed by atoms with E-state index < -0.39 is 0 Å². The van der Waals surface area contributed by atoms with Gasteiger partial charge in [-0.1, -0.05) is 6.07 Å². The number of thioether (sulfide) groups is 1. The molecule has 1 aliphatic heterocycles. The summed E-state index contributed by atoms with van der Waals surface area (Å²) in [6, 6.07) is 3.90. The topological polar surface area (TPSA) is 73.9 Å². The van der Waals surface area contributed by atoms with E-state index in [4.69, 9.17) is 0 Å². The van der Waals surface area contributed by atoms with Crippen LogP contribution in [0.2, 0.25) is 0 Å². The number of carbonyl (C=O) groups excluding carboxylic acids is 1. The van der Waals surface area contributed by atoms with Crippen molar-refractivity contribution in [2.75, 3.05) is 18.8 Å². The first-order valence-electron chi connectivity index (χ1n) is 7.15. The van der Waals surface area contributed by atoms with Crippen molar-refractivity contribution in [1.29, 1.82) is 0 Å². The summed E-state index contributed by atoms with van der Waals surface area (Å²) in [6.45, 7) is 6.25. The number of urea groups is 1. The minimum atomic E-state index is -0.0394. The number of nitrogens with zero attached hydrogens (tertiary/aromatic N) is 3. The summed E-state index contributed by atoms with van der Waals surface area (Å²) in [5, 5.41) is 12.0. The zero-order chi connectivity index (χ0) is 15.6. The molecule has 0 atom stereocenters. The lowest BCUT2D eigenvalue weighted by Crippen LogP contribution is -2.49. The summed E-state index contributed by atoms with van der Waals surface area (Å²) in [7, 11) is 0. The normalized spacial score (nSPS) is 17.5. The van der Waals surface area contributed by atoms with Crippen LogP contribution in [0.25, 0.3) is 10.7 Å². The molecule has 0 aliphatic carbocycles. The van der Waals surface area contributed by atoms with Gasteiger partial charge in [0.1, 0.15) is 5.82 Å². The molecular weight excluding hydrogens is 318 g/mol. The van der Waals surface area contributed by atoms with Crippen molar-refractivity contribution in [2.24, 2.45) is 0 Å². The first-order valence-corrected chi connectivity index (χ1v) is 9.02. The van der Waals surface area contributed by atoms with E-state index in [1.165, 1.54) is 0 Å². The van der Waals surface area contributed by atoms with Gasteiger partial charge in [0.25, 0.3) is 0 Å². The van der Waals surface area contributed by atoms with Gasteiger partial charge in [0.05, 0.1) is 11.4 Å². The number of hydrogen-bond acceptors (Lipinski definition) is 5. The second-order valence-electron chi connectivity index (χ2n) is 5.77. The number of amides is 2. The number of hydrogen-bond donors (Lipinski definition) is 2. The molecule has 2 aromatic rings. The van der Waals surface area contributed by atoms with Crippen LogP contribution in [-0.2, 0) is 6.54 Å². The van der Waals surface area contributed by atoms with Crippen LogP contribution in [0.4, 0.5) is 4.79 Å². The third-order valence-corrected chi connectivity index (χ3v) is 5.56. The first-order chi connectivity index (χ1) is 10.5. The van der Waals surface area contributed by atoms with Gasteiger partial charge in [-0.15, -0.1) is 11.3 Å². The van der Waals surface area contributed by atoms with Crippen molar-refractivity contribution >= 4 is 29.1 Å². The van der Waals surface area contributed by atoms with E-state index >= 15 is 0 Å². The average molecular weight is 337 g/mol. The molecule has 8 heteroatoms. The molecule has 0 radical (unpaired) electrons. The second kappa shape index (κ2) is 6.29. The molecule has 2 aromatic heterocycles. The Morgan fingerprint density at radius 1 is 1.55 bits per heavy atom. The highest BCUT2D eigenvalue weighted by molar-refractivity contribution is 8.00. The first kappa shape index (κ1) is 15.4. The maximum atomic E-state index is 12.2. The average Bonchev–Trinajstić information content (AvgIpc) is 3.14. The molecule has 3 heterocycles. The lowest BCUT2D eigenvalue weighted by atomic mass is 10.2. The van der Waals surface area contributed by atoms with E-state index in [2.05, 4.69) is 34.3 Å². The van der Waals surface area contributed by atoms with Gasteiger partial charge in [-0.05, 0) is 25.3 Å². The molecule has 1 fully saturated rings. The van der Waals surface area contributed by atoms with Crippen LogP contribution in [0, 0.1) is 0 Å². The van der Waals surface area contributed by atoms with Crippen molar-refractivity contribution < 1.29 is 4.79 Å². The Kier molecular flexibility index (Phi) is 4.39. The monoisotopic (exact) mass is 337 g/mol. The van der Waals surface area contributed by atoms with Crippen LogP contribution in [0.1, 0.15) is 19.7 Å². The molecule has 1 saturated heterocycles. The standard InChI is InChI=1S/C14H19N5OS2/c1-14(2)9-19(5-7-22-14)13(20)15-8-11-16-12(18-17-11)10-4-3-6-21-10/h3-4,6H,5,7-9H2,1-2H3,(H,15,20)(H,16,17,18). The molecule has 2 N–H and O–H groups in total. The van der Waals surface area contributed by atoms with Crippen LogP contribution in [0.3, 0.4) is 0 Å². The van der Waals surface area contributed by atoms with E-state index in [-0.39, 0.29) is 10.8 Å². The van der Waals surface area contributed by atoms with Crippen LogP contribution in [-0.4, -0.2) is 49.7 Å². The van der Waals surface area contributed by atoms with E-state index in [0.29, 0.717) is 18.2 Å². The highest BCUT2D eigenvalue weighted by Gasteiger charge is 2.29. The van der Waals surface area contributed by atoms with Crippen molar-refractivity contribution in [3.63, 3.8) is 0 Å². The third kappa shape index (κ3) is 3.61. The van der Waals surface area contributed by atoms with Gasteiger partial charge in [-0.3, -0.25) is 5.10 Å². The van der Waals surface area contributed by atoms with E-state index in [0.717, 1.165) is 23.7 Å². The maximum absolute atomic E-state index is 12.2. The smallest absolute Gasteiger partial charge is 0.317 e. The van der Waals surface area contributed by atoms with Gasteiger partial charge in [0, 0.05) is 23.6 Å². The zero-order valence-corrected chi connectivity index (χ0v) is 14.3. The van der Waals surface area contributed by atoms with Crippen LogP contribution < -0.4 is 5.32 Å². The van der Waals surface area contributed by atoms with Gasteiger partial charge in [-0.2, -0.15) is 16.9 Å². The lowest BCUT2D eigenvalue weighted by Gasteiger charge is -2.37. The molecule has 0 bridgehead atoms. The Hall–Kier alpha value is -1.54. The van der Waals surface area contributed by atoms with Crippen molar-refractivity contribution in [2.45, 2.75) is 25.1 Å². The molecule has 118 valence electrons. The van der Waals surface area contributed by atoms with Gasteiger partial charge in [-0.25, -0.2) is 9.78 Å². The second-order valence-corrected chi connectivity index (χ2v) is 8.52. The molecule has 0 aromatic carbocycles. The maximum Gasteiger partial charge on any atom is 0.317 e. The summed E-state index contributed by atoms with van der Waals surface area (Å²) in [5.74, 6) is 2.32. The SMILES string of the molecule is CC1(C)CN(C(=O)NCc2nc(-c3cccs3)n[nH]2)CCS1. The molecule has 0 spiro atoms. The summed E-state index contributed by atoms with van der Waals surface area (Å²) in [6.07, 6.45) is 0. The minimum Gasteiger partial charge on any atom is -0.331 e. The molecule has 3 rings (SSSR count). The highest BCUT2D eigenvalue weighted by atomic mass is 32.2. The van der Waals surface area contributed by atoms with Gasteiger partial charge < -0.3 is 10.2 Å². The zero-order valence-electron chi connectivity index (χ0n) is 12.6. The largest absolute Gasteiger partial charge is 0.331 e. The number of nitrogens with one attached hydrogen (secondary N) is 2. The Morgan fingerprint density at radius 3 is 3.14 bits per heavy atom. The Balaban J connectivity index is 1.55. The van der Waals surface area contributed by atoms with Gasteiger partial charge in [0.2, 0.25) is 0 Å². The summed E-state index contributed by atoms with van der Waals surface area (Å²) < 4.78 is 0.119. The molecule has 0 saturated carbocycles. The molecule has 22 heavy (non-hydrogen) atoms. The predicted molar refractivity (Wildman–Crippen MR) is 90.0 cm³/mol. The summed E-state index contributed by atoms with van der Waals surface area (Å²) in [5.41, 5.74) is 0. The fourth-order valence-electron chi connectivity index (χ4n) is 2.35. The van der Waals surface area contributed by atoms with E-state index in [9.17, 15) is 4.79 Å². The molecule has 1 aliphatic rings. The predicted octanol–water partition coefficient (Wildman–Crippen LogP) is 2.57. The quantitative estimate of drug-likeness (QED) is 0.903. The van der Waals surface area contributed by atoms with E-state index in [1.54, 1.807) is 11.3 Å². The fraction of sp³-hybridized carbons (Fsp3) is 0.500. The van der Waals surface area contributed by atoms with E-state index in [1.807, 2.05) is 34.2 Å². The van der Waals surface area contributed by atoms with Crippen molar-refractivity contribution in [3.05, 3.63) is 23.3 Å². The lowest BCUT2D eigenvalue weighted by molar-refractivity contribution is 0.194. The fourth-order valence-corrected chi connectivity index (χ4v) is 4.12. The number of rotatable bonds is 3. The number of thiophene rings is 1. The summed E-state index contributed by atoms with van der Waals surface area (Å²) >= 11 is 3.50. The van der Waals surface area contributed by atoms with Crippen LogP contribution in [0.5, 0.6) is 0 Å². The Labute approximate surface area is 137 Å². The van der Waals surface area contributed by atoms with Crippen molar-refractivity contribution in [3.8, 4) is 10.7 Å². The molecule has 0 unspecified atom stereocenters. The molecular formula is C14H19N5OS2. The number of aromatic nitrogens is 3. The number of carbonyl (C=O) groups is 1. The molecule has 6 nitrogen and oxygen atoms in total. The summed E-state index contributed by atoms with van der Waals surface area (Å²) in [4.78, 5) is 19.5. The number of H-pyrrole nitrogens is 1. The van der Waals surface area contributed by atoms with Gasteiger partial charge >= 0.3 is 6.03 Å². The number of aromatic amines is 1. The van der Waals surface area contributed by atoms with Crippen LogP contribution >= 0.6 is 23.1 Å². The van der Waals surface area contributed by atoms with Crippen LogP contribution in [0.15, 0.2) is 17.5 Å². The van der Waals surface area contributed by atoms with Gasteiger partial charge in [0.15, 0.2) is 5.82 Å². The Bertz CT molecular complexity index is 637. The Morgan fingerprint density at radius 2 is 2.41 bits per heavy atom. The minimum absolute atomic E-state index is 0.0394.